The molecule has 1 saturated carbocycles. The Labute approximate surface area is 205 Å². The molecule has 7 heteroatoms. The maximum Gasteiger partial charge on any atom is 0.324 e. The second-order valence-corrected chi connectivity index (χ2v) is 10.2. The fraction of sp³-hybridized carbons (Fsp3) is 0.464. The number of hydrogen-bond donors (Lipinski definition) is 2. The highest BCUT2D eigenvalue weighted by atomic mass is 16.5. The van der Waals surface area contributed by atoms with Crippen molar-refractivity contribution in [3.63, 3.8) is 0 Å². The van der Waals surface area contributed by atoms with Gasteiger partial charge < -0.3 is 9.84 Å². The van der Waals surface area contributed by atoms with E-state index in [1.165, 1.54) is 4.90 Å². The molecule has 3 aliphatic rings. The Hall–Kier alpha value is -3.19. The fourth-order valence-electron chi connectivity index (χ4n) is 6.56. The van der Waals surface area contributed by atoms with Crippen LogP contribution in [0.1, 0.15) is 55.7 Å². The zero-order valence-corrected chi connectivity index (χ0v) is 20.2. The average molecular weight is 477 g/mol. The molecular weight excluding hydrogens is 444 g/mol. The Balaban J connectivity index is 1.65. The number of nitrogens with one attached hydrogen (secondary N) is 1. The van der Waals surface area contributed by atoms with Crippen molar-refractivity contribution in [1.82, 2.24) is 5.32 Å². The Morgan fingerprint density at radius 2 is 1.74 bits per heavy atom. The normalized spacial score (nSPS) is 28.9. The Morgan fingerprint density at radius 1 is 1.06 bits per heavy atom. The van der Waals surface area contributed by atoms with Crippen molar-refractivity contribution in [1.29, 1.82) is 0 Å². The number of amides is 2. The van der Waals surface area contributed by atoms with E-state index in [1.54, 1.807) is 25.3 Å². The number of methoxy groups -OCH3 is 1. The zero-order valence-electron chi connectivity index (χ0n) is 20.2. The average Bonchev–Trinajstić information content (AvgIpc) is 3.34. The highest BCUT2D eigenvalue weighted by Crippen LogP contribution is 2.53. The number of imide groups is 1. The van der Waals surface area contributed by atoms with Gasteiger partial charge in [-0.2, -0.15) is 0 Å². The topological polar surface area (TPSA) is 95.9 Å². The Kier molecular flexibility index (Phi) is 6.13. The number of aryl methyl sites for hydroxylation is 1. The first-order valence-corrected chi connectivity index (χ1v) is 12.5. The molecule has 2 aliphatic heterocycles. The third kappa shape index (κ3) is 3.73. The van der Waals surface area contributed by atoms with Crippen LogP contribution in [-0.2, 0) is 14.4 Å². The van der Waals surface area contributed by atoms with E-state index in [1.807, 2.05) is 37.3 Å². The first kappa shape index (κ1) is 23.5. The maximum atomic E-state index is 14.0. The summed E-state index contributed by atoms with van der Waals surface area (Å²) in [7, 11) is 1.55. The van der Waals surface area contributed by atoms with Gasteiger partial charge in [-0.05, 0) is 37.0 Å². The predicted octanol–water partition coefficient (Wildman–Crippen LogP) is 4.25. The van der Waals surface area contributed by atoms with Gasteiger partial charge >= 0.3 is 5.97 Å². The summed E-state index contributed by atoms with van der Waals surface area (Å²) in [5.41, 5.74) is 0.490. The molecule has 0 aromatic heterocycles. The van der Waals surface area contributed by atoms with Crippen molar-refractivity contribution >= 4 is 23.5 Å². The van der Waals surface area contributed by atoms with Gasteiger partial charge in [0, 0.05) is 11.6 Å². The number of aliphatic carboxylic acids is 1. The molecule has 35 heavy (non-hydrogen) atoms. The molecule has 0 spiro atoms. The van der Waals surface area contributed by atoms with E-state index in [0.717, 1.165) is 37.7 Å². The number of benzene rings is 2. The monoisotopic (exact) mass is 476 g/mol. The van der Waals surface area contributed by atoms with Crippen molar-refractivity contribution in [2.24, 2.45) is 17.8 Å². The number of para-hydroxylation sites is 2. The molecule has 2 aromatic carbocycles. The molecule has 184 valence electrons. The lowest BCUT2D eigenvalue weighted by molar-refractivity contribution is -0.150. The van der Waals surface area contributed by atoms with Gasteiger partial charge in [-0.3, -0.25) is 19.7 Å². The van der Waals surface area contributed by atoms with Crippen molar-refractivity contribution < 1.29 is 24.2 Å². The van der Waals surface area contributed by atoms with Crippen LogP contribution in [-0.4, -0.2) is 35.5 Å². The number of carboxylic acid groups (broad SMARTS) is 1. The lowest BCUT2D eigenvalue weighted by Crippen LogP contribution is -2.57. The van der Waals surface area contributed by atoms with Crippen LogP contribution < -0.4 is 15.0 Å². The summed E-state index contributed by atoms with van der Waals surface area (Å²) < 4.78 is 5.58. The summed E-state index contributed by atoms with van der Waals surface area (Å²) >= 11 is 0. The van der Waals surface area contributed by atoms with Gasteiger partial charge in [-0.25, -0.2) is 4.90 Å². The summed E-state index contributed by atoms with van der Waals surface area (Å²) in [5.74, 6) is -2.93. The summed E-state index contributed by atoms with van der Waals surface area (Å²) in [6.07, 6.45) is 5.49. The summed E-state index contributed by atoms with van der Waals surface area (Å²) in [6, 6.07) is 13.9. The van der Waals surface area contributed by atoms with Crippen molar-refractivity contribution in [3.8, 4) is 5.75 Å². The minimum Gasteiger partial charge on any atom is -0.496 e. The number of rotatable bonds is 6. The molecule has 2 aromatic rings. The van der Waals surface area contributed by atoms with E-state index in [4.69, 9.17) is 4.74 Å². The number of anilines is 1. The number of ether oxygens (including phenoxy) is 1. The lowest BCUT2D eigenvalue weighted by Gasteiger charge is -2.35. The number of hydrogen-bond acceptors (Lipinski definition) is 5. The highest BCUT2D eigenvalue weighted by Gasteiger charge is 2.69. The van der Waals surface area contributed by atoms with Crippen LogP contribution >= 0.6 is 0 Å². The molecule has 3 fully saturated rings. The van der Waals surface area contributed by atoms with Crippen LogP contribution in [0.2, 0.25) is 0 Å². The summed E-state index contributed by atoms with van der Waals surface area (Å²) in [5, 5.41) is 14.0. The van der Waals surface area contributed by atoms with E-state index in [2.05, 4.69) is 5.32 Å². The molecule has 2 amide bonds. The van der Waals surface area contributed by atoms with Gasteiger partial charge in [-0.1, -0.05) is 68.5 Å². The molecule has 2 N–H and O–H groups in total. The van der Waals surface area contributed by atoms with Gasteiger partial charge in [0.05, 0.1) is 24.6 Å². The van der Waals surface area contributed by atoms with Gasteiger partial charge in [0.25, 0.3) is 0 Å². The first-order valence-electron chi connectivity index (χ1n) is 12.5. The smallest absolute Gasteiger partial charge is 0.324 e. The molecule has 1 aliphatic carbocycles. The van der Waals surface area contributed by atoms with Gasteiger partial charge in [0.2, 0.25) is 11.8 Å². The summed E-state index contributed by atoms with van der Waals surface area (Å²) in [4.78, 5) is 42.3. The molecule has 5 rings (SSSR count). The largest absolute Gasteiger partial charge is 0.496 e. The zero-order chi connectivity index (χ0) is 24.7. The van der Waals surface area contributed by atoms with Crippen LogP contribution in [0, 0.1) is 24.7 Å². The molecule has 7 nitrogen and oxygen atoms in total. The predicted molar refractivity (Wildman–Crippen MR) is 131 cm³/mol. The lowest BCUT2D eigenvalue weighted by atomic mass is 9.72. The second kappa shape index (κ2) is 9.11. The van der Waals surface area contributed by atoms with Crippen LogP contribution in [0.15, 0.2) is 48.5 Å². The highest BCUT2D eigenvalue weighted by molar-refractivity contribution is 6.24. The van der Waals surface area contributed by atoms with Crippen LogP contribution in [0.3, 0.4) is 0 Å². The maximum absolute atomic E-state index is 14.0. The first-order chi connectivity index (χ1) is 16.9. The van der Waals surface area contributed by atoms with Gasteiger partial charge in [0.1, 0.15) is 11.3 Å². The number of nitrogens with zero attached hydrogens (tertiary/aromatic N) is 1. The third-order valence-corrected chi connectivity index (χ3v) is 8.20. The van der Waals surface area contributed by atoms with Crippen LogP contribution in [0.4, 0.5) is 5.69 Å². The van der Waals surface area contributed by atoms with Gasteiger partial charge in [-0.15, -0.1) is 0 Å². The molecule has 4 atom stereocenters. The standard InChI is InChI=1S/C28H32N2O5/c1-17-10-6-8-14-20(17)30-25(31)22-23(26(30)32)28(27(33)34,16-18-11-4-3-5-12-18)29-24(22)19-13-7-9-15-21(19)35-2/h6-10,13-15,18,22-24,29H,3-5,11-12,16H2,1-2H3,(H,33,34). The number of fused-ring (bicyclic) bond motifs is 1. The minimum absolute atomic E-state index is 0.194. The van der Waals surface area contributed by atoms with Crippen LogP contribution in [0.5, 0.6) is 5.75 Å². The van der Waals surface area contributed by atoms with E-state index in [-0.39, 0.29) is 11.8 Å². The van der Waals surface area contributed by atoms with Crippen LogP contribution in [0.25, 0.3) is 0 Å². The van der Waals surface area contributed by atoms with E-state index < -0.39 is 35.3 Å². The second-order valence-electron chi connectivity index (χ2n) is 10.2. The van der Waals surface area contributed by atoms with Gasteiger partial charge in [0.15, 0.2) is 0 Å². The molecular formula is C28H32N2O5. The van der Waals surface area contributed by atoms with Crippen molar-refractivity contribution in [2.45, 2.75) is 57.0 Å². The fourth-order valence-corrected chi connectivity index (χ4v) is 6.56. The quantitative estimate of drug-likeness (QED) is 0.606. The van der Waals surface area contributed by atoms with E-state index in [0.29, 0.717) is 23.4 Å². The third-order valence-electron chi connectivity index (χ3n) is 8.20. The molecule has 2 heterocycles. The van der Waals surface area contributed by atoms with E-state index >= 15 is 0 Å². The van der Waals surface area contributed by atoms with Crippen molar-refractivity contribution in [2.75, 3.05) is 12.0 Å². The minimum atomic E-state index is -1.53. The Bertz CT molecular complexity index is 1160. The number of carbonyl (C=O) groups excluding carboxylic acids is 2. The molecule has 4 unspecified atom stereocenters. The van der Waals surface area contributed by atoms with Crippen molar-refractivity contribution in [3.05, 3.63) is 59.7 Å². The summed E-state index contributed by atoms with van der Waals surface area (Å²) in [6.45, 7) is 1.85. The molecule has 0 bridgehead atoms. The number of carbonyl (C=O) groups is 3. The van der Waals surface area contributed by atoms with E-state index in [9.17, 15) is 19.5 Å². The number of carboxylic acids is 1. The Morgan fingerprint density at radius 3 is 2.43 bits per heavy atom. The SMILES string of the molecule is COc1ccccc1C1NC(CC2CCCCC2)(C(=O)O)C2C(=O)N(c3ccccc3C)C(=O)C12. The molecule has 0 radical (unpaired) electrons. The molecule has 2 saturated heterocycles.